The van der Waals surface area contributed by atoms with Gasteiger partial charge in [0, 0.05) is 25.1 Å². The smallest absolute Gasteiger partial charge is 0.338 e. The number of hydrogen-bond acceptors (Lipinski definition) is 7. The zero-order chi connectivity index (χ0) is 23.3. The first kappa shape index (κ1) is 22.0. The summed E-state index contributed by atoms with van der Waals surface area (Å²) in [5.41, 5.74) is -3.94. The predicted octanol–water partition coefficient (Wildman–Crippen LogP) is 2.08. The van der Waals surface area contributed by atoms with Crippen LogP contribution < -0.4 is 11.2 Å². The molecule has 3 aliphatic rings. The van der Waals surface area contributed by atoms with Gasteiger partial charge in [-0.2, -0.15) is 0 Å². The van der Waals surface area contributed by atoms with E-state index in [0.717, 1.165) is 17.4 Å². The number of aromatic nitrogens is 2. The van der Waals surface area contributed by atoms with Crippen molar-refractivity contribution in [3.8, 4) is 0 Å². The van der Waals surface area contributed by atoms with Crippen LogP contribution in [0.15, 0.2) is 52.2 Å². The third-order valence-corrected chi connectivity index (χ3v) is 6.73. The number of alkyl halides is 1. The fraction of sp³-hybridized carbons (Fsp3) is 0.522. The number of aromatic amines is 1. The molecule has 10 heteroatoms. The van der Waals surface area contributed by atoms with Crippen LogP contribution in [-0.2, 0) is 18.9 Å². The third-order valence-electron chi connectivity index (χ3n) is 6.73. The number of nitrogens with one attached hydrogen (secondary N) is 1. The summed E-state index contributed by atoms with van der Waals surface area (Å²) in [4.78, 5) is 38.9. The molecule has 0 bridgehead atoms. The number of halogens is 1. The summed E-state index contributed by atoms with van der Waals surface area (Å²) in [7, 11) is 0. The molecule has 5 rings (SSSR count). The lowest BCUT2D eigenvalue weighted by molar-refractivity contribution is -0.253. The number of nitrogens with zero attached hydrogens (tertiary/aromatic N) is 1. The molecular weight excluding hydrogens is 435 g/mol. The van der Waals surface area contributed by atoms with Crippen LogP contribution in [0.2, 0.25) is 0 Å². The maximum Gasteiger partial charge on any atom is 0.338 e. The average Bonchev–Trinajstić information content (AvgIpc) is 3.45. The molecule has 1 N–H and O–H groups in total. The molecule has 2 aliphatic heterocycles. The summed E-state index contributed by atoms with van der Waals surface area (Å²) >= 11 is 0. The van der Waals surface area contributed by atoms with Gasteiger partial charge in [-0.25, -0.2) is 14.0 Å². The number of carbonyl (C=O) groups is 1. The number of rotatable bonds is 5. The summed E-state index contributed by atoms with van der Waals surface area (Å²) in [5.74, 6) is -1.55. The second-order valence-electron chi connectivity index (χ2n) is 9.03. The van der Waals surface area contributed by atoms with Gasteiger partial charge in [-0.1, -0.05) is 18.2 Å². The number of fused-ring (bicyclic) bond motifs is 1. The van der Waals surface area contributed by atoms with Crippen LogP contribution in [0.3, 0.4) is 0 Å². The molecule has 176 valence electrons. The minimum Gasteiger partial charge on any atom is -0.459 e. The lowest BCUT2D eigenvalue weighted by Gasteiger charge is -2.33. The van der Waals surface area contributed by atoms with E-state index in [-0.39, 0.29) is 0 Å². The summed E-state index contributed by atoms with van der Waals surface area (Å²) in [6.45, 7) is 0.221. The second kappa shape index (κ2) is 7.89. The monoisotopic (exact) mass is 460 g/mol. The molecule has 3 heterocycles. The van der Waals surface area contributed by atoms with Gasteiger partial charge in [0.15, 0.2) is 17.6 Å². The average molecular weight is 460 g/mol. The molecule has 1 saturated carbocycles. The SMILES string of the molecule is C[C@@]12OC3(CCCC3)OC1[C@@](CF)(COC(=O)c1ccccc1)O[C@H]2n1ccc(=O)[nH]c1=O. The number of ether oxygens (including phenoxy) is 4. The lowest BCUT2D eigenvalue weighted by atomic mass is 9.88. The van der Waals surface area contributed by atoms with Crippen LogP contribution in [0.25, 0.3) is 0 Å². The highest BCUT2D eigenvalue weighted by Crippen LogP contribution is 2.58. The van der Waals surface area contributed by atoms with Crippen LogP contribution in [-0.4, -0.2) is 51.9 Å². The van der Waals surface area contributed by atoms with E-state index in [1.807, 2.05) is 0 Å². The molecule has 1 aromatic carbocycles. The van der Waals surface area contributed by atoms with E-state index < -0.39 is 59.8 Å². The highest BCUT2D eigenvalue weighted by atomic mass is 19.1. The molecule has 33 heavy (non-hydrogen) atoms. The number of H-pyrrole nitrogens is 1. The minimum atomic E-state index is -1.70. The molecule has 1 aromatic heterocycles. The maximum atomic E-state index is 14.7. The lowest BCUT2D eigenvalue weighted by Crippen LogP contribution is -2.52. The Balaban J connectivity index is 1.51. The molecule has 0 radical (unpaired) electrons. The Bertz CT molecular complexity index is 1160. The van der Waals surface area contributed by atoms with E-state index in [4.69, 9.17) is 18.9 Å². The van der Waals surface area contributed by atoms with E-state index in [2.05, 4.69) is 4.98 Å². The minimum absolute atomic E-state index is 0.316. The van der Waals surface area contributed by atoms with E-state index in [9.17, 15) is 18.8 Å². The van der Waals surface area contributed by atoms with Crippen LogP contribution in [0.1, 0.15) is 49.2 Å². The zero-order valence-electron chi connectivity index (χ0n) is 18.1. The Morgan fingerprint density at radius 2 is 1.91 bits per heavy atom. The van der Waals surface area contributed by atoms with Crippen molar-refractivity contribution in [2.75, 3.05) is 13.3 Å². The van der Waals surface area contributed by atoms with Crippen molar-refractivity contribution in [1.29, 1.82) is 0 Å². The number of benzene rings is 1. The standard InChI is InChI=1S/C23H25FN2O7/c1-21-18(31-23(33-21)10-5-6-11-23)22(13-24,14-30-17(28)15-7-3-2-4-8-15)32-19(21)26-12-9-16(27)25-20(26)29/h2-4,7-9,12,18-19H,5-6,10-11,13-14H2,1H3,(H,25,27,29)/t18?,19-,21-,22-/m1/s1. The third kappa shape index (κ3) is 3.53. The van der Waals surface area contributed by atoms with Gasteiger partial charge in [0.25, 0.3) is 5.56 Å². The summed E-state index contributed by atoms with van der Waals surface area (Å²) in [5, 5.41) is 0. The van der Waals surface area contributed by atoms with Crippen molar-refractivity contribution in [2.24, 2.45) is 0 Å². The zero-order valence-corrected chi connectivity index (χ0v) is 18.1. The molecule has 4 atom stereocenters. The molecule has 2 saturated heterocycles. The molecule has 3 fully saturated rings. The normalized spacial score (nSPS) is 32.2. The topological polar surface area (TPSA) is 109 Å². The molecule has 1 unspecified atom stereocenters. The Labute approximate surface area is 188 Å². The molecule has 9 nitrogen and oxygen atoms in total. The predicted molar refractivity (Wildman–Crippen MR) is 112 cm³/mol. The largest absolute Gasteiger partial charge is 0.459 e. The van der Waals surface area contributed by atoms with Gasteiger partial charge in [-0.15, -0.1) is 0 Å². The Morgan fingerprint density at radius 3 is 2.58 bits per heavy atom. The Kier molecular flexibility index (Phi) is 5.26. The van der Waals surface area contributed by atoms with Crippen LogP contribution >= 0.6 is 0 Å². The molecule has 1 spiro atoms. The fourth-order valence-electron chi connectivity index (χ4n) is 5.19. The van der Waals surface area contributed by atoms with E-state index >= 15 is 0 Å². The highest BCUT2D eigenvalue weighted by molar-refractivity contribution is 5.89. The van der Waals surface area contributed by atoms with Gasteiger partial charge in [0.2, 0.25) is 0 Å². The van der Waals surface area contributed by atoms with Gasteiger partial charge >= 0.3 is 11.7 Å². The first-order valence-electron chi connectivity index (χ1n) is 11.0. The molecule has 1 aliphatic carbocycles. The van der Waals surface area contributed by atoms with Crippen molar-refractivity contribution < 1.29 is 28.1 Å². The molecular formula is C23H25FN2O7. The second-order valence-corrected chi connectivity index (χ2v) is 9.03. The van der Waals surface area contributed by atoms with Gasteiger partial charge < -0.3 is 18.9 Å². The van der Waals surface area contributed by atoms with Gasteiger partial charge in [-0.3, -0.25) is 14.3 Å². The number of hydrogen-bond donors (Lipinski definition) is 1. The van der Waals surface area contributed by atoms with E-state index in [0.29, 0.717) is 18.4 Å². The Hall–Kier alpha value is -2.82. The van der Waals surface area contributed by atoms with Crippen LogP contribution in [0, 0.1) is 0 Å². The first-order chi connectivity index (χ1) is 15.8. The quantitative estimate of drug-likeness (QED) is 0.681. The highest BCUT2D eigenvalue weighted by Gasteiger charge is 2.72. The molecule has 0 amide bonds. The van der Waals surface area contributed by atoms with Crippen molar-refractivity contribution in [2.45, 2.75) is 61.9 Å². The van der Waals surface area contributed by atoms with Crippen molar-refractivity contribution in [1.82, 2.24) is 9.55 Å². The van der Waals surface area contributed by atoms with Crippen molar-refractivity contribution >= 4 is 5.97 Å². The summed E-state index contributed by atoms with van der Waals surface area (Å²) < 4.78 is 40.2. The van der Waals surface area contributed by atoms with Crippen LogP contribution in [0.5, 0.6) is 0 Å². The summed E-state index contributed by atoms with van der Waals surface area (Å²) in [6.07, 6.45) is 2.23. The van der Waals surface area contributed by atoms with Gasteiger partial charge in [0.05, 0.1) is 5.56 Å². The maximum absolute atomic E-state index is 14.7. The van der Waals surface area contributed by atoms with Gasteiger partial charge in [0.1, 0.15) is 25.0 Å². The van der Waals surface area contributed by atoms with Crippen molar-refractivity contribution in [3.05, 3.63) is 69.0 Å². The van der Waals surface area contributed by atoms with Gasteiger partial charge in [-0.05, 0) is 31.9 Å². The summed E-state index contributed by atoms with van der Waals surface area (Å²) in [6, 6.07) is 9.52. The molecule has 2 aromatic rings. The van der Waals surface area contributed by atoms with Crippen molar-refractivity contribution in [3.63, 3.8) is 0 Å². The van der Waals surface area contributed by atoms with Crippen LogP contribution in [0.4, 0.5) is 4.39 Å². The number of carbonyl (C=O) groups excluding carboxylic acids is 1. The Morgan fingerprint density at radius 1 is 1.18 bits per heavy atom. The fourth-order valence-corrected chi connectivity index (χ4v) is 5.19. The number of esters is 1. The van der Waals surface area contributed by atoms with E-state index in [1.165, 1.54) is 12.3 Å². The first-order valence-corrected chi connectivity index (χ1v) is 11.0. The van der Waals surface area contributed by atoms with E-state index in [1.54, 1.807) is 37.3 Å².